The standard InChI is InChI=1S/C43H46N4O10S/c1-8-11-53-30-14-23-9-10-45-43(25(23)15-29(30)51-6)18-58-41-33-32(40-39(55-19-56-40)21(3)38(33)57-22(4)48)28(17-54-42(43)50)47-27(16-44)26-13-24-12-20(2)37(52-7)36(49)31(24)34(35(41)47)46(26)5/h8,12,14-15,26-28,34-35,41,45,49H,1,9-11,13,17-19H2,2-7H3/t26-,27+,28-,34+,35?,41-,43-/m1/s1. The van der Waals surface area contributed by atoms with Gasteiger partial charge in [-0.05, 0) is 68.1 Å². The first-order valence-electron chi connectivity index (χ1n) is 19.4. The van der Waals surface area contributed by atoms with Crippen molar-refractivity contribution < 1.29 is 47.9 Å². The summed E-state index contributed by atoms with van der Waals surface area (Å²) in [6.07, 6.45) is 2.78. The van der Waals surface area contributed by atoms with Gasteiger partial charge in [-0.25, -0.2) is 4.79 Å². The number of benzene rings is 3. The first kappa shape index (κ1) is 38.4. The Labute approximate surface area is 340 Å². The molecule has 7 aliphatic heterocycles. The number of aryl methyl sites for hydroxylation is 1. The minimum Gasteiger partial charge on any atom is -0.504 e. The molecule has 7 aliphatic rings. The number of nitrogens with one attached hydrogen (secondary N) is 1. The van der Waals surface area contributed by atoms with Gasteiger partial charge in [0, 0.05) is 53.6 Å². The third-order valence-electron chi connectivity index (χ3n) is 12.8. The maximum absolute atomic E-state index is 14.9. The zero-order valence-electron chi connectivity index (χ0n) is 33.3. The Kier molecular flexibility index (Phi) is 9.46. The number of nitrogens with zero attached hydrogens (tertiary/aromatic N) is 3. The van der Waals surface area contributed by atoms with Crippen LogP contribution in [-0.4, -0.2) is 98.5 Å². The molecule has 2 saturated heterocycles. The summed E-state index contributed by atoms with van der Waals surface area (Å²) in [7, 11) is 5.11. The van der Waals surface area contributed by atoms with Crippen LogP contribution in [0.15, 0.2) is 30.9 Å². The molecule has 1 unspecified atom stereocenters. The number of aromatic hydroxyl groups is 1. The van der Waals surface area contributed by atoms with Gasteiger partial charge in [0.15, 0.2) is 40.0 Å². The molecule has 15 heteroatoms. The lowest BCUT2D eigenvalue weighted by Crippen LogP contribution is -2.69. The molecule has 3 aromatic carbocycles. The van der Waals surface area contributed by atoms with E-state index in [0.29, 0.717) is 81.7 Å². The van der Waals surface area contributed by atoms with E-state index in [2.05, 4.69) is 33.8 Å². The van der Waals surface area contributed by atoms with Crippen LogP contribution in [0.3, 0.4) is 0 Å². The van der Waals surface area contributed by atoms with Crippen molar-refractivity contribution in [1.82, 2.24) is 15.1 Å². The quantitative estimate of drug-likeness (QED) is 0.198. The van der Waals surface area contributed by atoms with Gasteiger partial charge in [-0.2, -0.15) is 5.26 Å². The van der Waals surface area contributed by atoms with Crippen LogP contribution in [0.5, 0.6) is 40.2 Å². The predicted octanol–water partition coefficient (Wildman–Crippen LogP) is 4.85. The summed E-state index contributed by atoms with van der Waals surface area (Å²) < 4.78 is 42.6. The fourth-order valence-corrected chi connectivity index (χ4v) is 12.1. The van der Waals surface area contributed by atoms with Crippen LogP contribution in [0, 0.1) is 25.2 Å². The minimum absolute atomic E-state index is 0.0516. The zero-order valence-corrected chi connectivity index (χ0v) is 34.1. The van der Waals surface area contributed by atoms with Crippen LogP contribution in [0.25, 0.3) is 0 Å². The Morgan fingerprint density at radius 3 is 2.62 bits per heavy atom. The van der Waals surface area contributed by atoms with E-state index in [1.165, 1.54) is 18.7 Å². The number of phenolic OH excluding ortho intramolecular Hbond substituents is 1. The molecule has 304 valence electrons. The third kappa shape index (κ3) is 5.41. The summed E-state index contributed by atoms with van der Waals surface area (Å²) in [6.45, 7) is 9.44. The monoisotopic (exact) mass is 810 g/mol. The second kappa shape index (κ2) is 14.3. The number of thioether (sulfide) groups is 1. The summed E-state index contributed by atoms with van der Waals surface area (Å²) in [5.41, 5.74) is 4.71. The topological polar surface area (TPSA) is 161 Å². The van der Waals surface area contributed by atoms with Crippen molar-refractivity contribution in [2.24, 2.45) is 0 Å². The first-order valence-corrected chi connectivity index (χ1v) is 20.5. The van der Waals surface area contributed by atoms with Gasteiger partial charge in [0.1, 0.15) is 25.0 Å². The van der Waals surface area contributed by atoms with E-state index >= 15 is 0 Å². The van der Waals surface area contributed by atoms with E-state index in [4.69, 9.17) is 33.2 Å². The Balaban J connectivity index is 1.31. The highest BCUT2D eigenvalue weighted by atomic mass is 32.2. The van der Waals surface area contributed by atoms with Crippen LogP contribution in [-0.2, 0) is 32.7 Å². The van der Waals surface area contributed by atoms with E-state index in [1.54, 1.807) is 20.3 Å². The van der Waals surface area contributed by atoms with Crippen molar-refractivity contribution in [2.45, 2.75) is 74.6 Å². The van der Waals surface area contributed by atoms with E-state index in [9.17, 15) is 20.0 Å². The highest BCUT2D eigenvalue weighted by Crippen LogP contribution is 2.64. The van der Waals surface area contributed by atoms with Gasteiger partial charge < -0.3 is 38.3 Å². The number of piperazine rings is 1. The summed E-state index contributed by atoms with van der Waals surface area (Å²) in [6, 6.07) is 5.78. The average molecular weight is 811 g/mol. The van der Waals surface area contributed by atoms with E-state index in [1.807, 2.05) is 33.0 Å². The van der Waals surface area contributed by atoms with Crippen molar-refractivity contribution >= 4 is 23.7 Å². The molecule has 0 saturated carbocycles. The Hall–Kier alpha value is -5.14. The molecular weight excluding hydrogens is 765 g/mol. The van der Waals surface area contributed by atoms with Crippen molar-refractivity contribution in [3.8, 4) is 46.3 Å². The lowest BCUT2D eigenvalue weighted by Gasteiger charge is -2.62. The van der Waals surface area contributed by atoms with E-state index < -0.39 is 46.9 Å². The number of carbonyl (C=O) groups excluding carboxylic acids is 2. The third-order valence-corrected chi connectivity index (χ3v) is 14.2. The molecule has 0 aromatic heterocycles. The number of carbonyl (C=O) groups is 2. The van der Waals surface area contributed by atoms with Crippen molar-refractivity contribution in [3.05, 3.63) is 75.4 Å². The fourth-order valence-electron chi connectivity index (χ4n) is 10.4. The molecule has 0 amide bonds. The highest BCUT2D eigenvalue weighted by molar-refractivity contribution is 7.99. The molecule has 2 N–H and O–H groups in total. The van der Waals surface area contributed by atoms with Gasteiger partial charge >= 0.3 is 11.9 Å². The molecule has 0 aliphatic carbocycles. The SMILES string of the molecule is C=CCOc1cc2c(cc1OC)[C@@]1(CS[C@@H]3c4c(OC(C)=O)c(C)c5c(c4[C@@H](COC1=O)N1C3[C@@H]3c4c(cc(C)c(OC)c4O)C[C@H]([C@@H]1C#N)N3C)OCO5)NCC2. The number of ether oxygens (including phenoxy) is 7. The van der Waals surface area contributed by atoms with Crippen molar-refractivity contribution in [1.29, 1.82) is 5.26 Å². The number of nitriles is 1. The molecule has 0 radical (unpaired) electrons. The highest BCUT2D eigenvalue weighted by Gasteiger charge is 2.62. The second-order valence-corrected chi connectivity index (χ2v) is 16.8. The maximum atomic E-state index is 14.9. The van der Waals surface area contributed by atoms with Crippen LogP contribution >= 0.6 is 11.8 Å². The van der Waals surface area contributed by atoms with Crippen LogP contribution < -0.4 is 33.7 Å². The summed E-state index contributed by atoms with van der Waals surface area (Å²) in [5.74, 6) is 1.90. The number of phenols is 1. The number of hydrogen-bond acceptors (Lipinski definition) is 15. The number of fused-ring (bicyclic) bond motifs is 9. The molecule has 7 atom stereocenters. The molecule has 10 rings (SSSR count). The number of rotatable bonds is 6. The van der Waals surface area contributed by atoms with Crippen LogP contribution in [0.1, 0.15) is 68.8 Å². The number of hydrogen-bond donors (Lipinski definition) is 2. The summed E-state index contributed by atoms with van der Waals surface area (Å²) in [4.78, 5) is 32.3. The summed E-state index contributed by atoms with van der Waals surface area (Å²) in [5, 5.41) is 26.3. The first-order chi connectivity index (χ1) is 28.0. The molecule has 14 nitrogen and oxygen atoms in total. The van der Waals surface area contributed by atoms with Gasteiger partial charge in [0.05, 0.1) is 37.6 Å². The molecule has 1 spiro atoms. The van der Waals surface area contributed by atoms with Gasteiger partial charge in [0.2, 0.25) is 6.79 Å². The Morgan fingerprint density at radius 2 is 1.90 bits per heavy atom. The minimum atomic E-state index is -1.33. The zero-order chi connectivity index (χ0) is 40.8. The molecule has 3 aromatic rings. The predicted molar refractivity (Wildman–Crippen MR) is 212 cm³/mol. The van der Waals surface area contributed by atoms with Gasteiger partial charge in [-0.15, -0.1) is 11.8 Å². The number of esters is 2. The fraction of sp³-hybridized carbons (Fsp3) is 0.465. The molecular formula is C43H46N4O10S. The van der Waals surface area contributed by atoms with E-state index in [0.717, 1.165) is 16.7 Å². The van der Waals surface area contributed by atoms with Gasteiger partial charge in [0.25, 0.3) is 0 Å². The summed E-state index contributed by atoms with van der Waals surface area (Å²) >= 11 is 1.51. The van der Waals surface area contributed by atoms with Crippen LogP contribution in [0.2, 0.25) is 0 Å². The van der Waals surface area contributed by atoms with Gasteiger partial charge in [-0.1, -0.05) is 18.7 Å². The average Bonchev–Trinajstić information content (AvgIpc) is 3.70. The normalized spacial score (nSPS) is 27.9. The lowest BCUT2D eigenvalue weighted by atomic mass is 9.71. The molecule has 58 heavy (non-hydrogen) atoms. The van der Waals surface area contributed by atoms with Crippen molar-refractivity contribution in [2.75, 3.05) is 53.6 Å². The second-order valence-electron chi connectivity index (χ2n) is 15.7. The molecule has 2 fully saturated rings. The maximum Gasteiger partial charge on any atom is 0.331 e. The van der Waals surface area contributed by atoms with Crippen LogP contribution in [0.4, 0.5) is 0 Å². The van der Waals surface area contributed by atoms with E-state index in [-0.39, 0.29) is 37.6 Å². The number of methoxy groups -OCH3 is 2. The Bertz CT molecular complexity index is 2310. The lowest BCUT2D eigenvalue weighted by molar-refractivity contribution is -0.157. The Morgan fingerprint density at radius 1 is 1.10 bits per heavy atom. The van der Waals surface area contributed by atoms with Gasteiger partial charge in [-0.3, -0.25) is 19.9 Å². The van der Waals surface area contributed by atoms with Crippen molar-refractivity contribution in [3.63, 3.8) is 0 Å². The smallest absolute Gasteiger partial charge is 0.331 e. The largest absolute Gasteiger partial charge is 0.504 e. The molecule has 7 heterocycles. The number of likely N-dealkylation sites (N-methyl/N-ethyl adjacent to an activating group) is 1. The molecule has 4 bridgehead atoms.